The first-order chi connectivity index (χ1) is 7.05. The smallest absolute Gasteiger partial charge is 0.122 e. The average molecular weight is 200 g/mol. The van der Waals surface area contributed by atoms with Crippen LogP contribution in [0.1, 0.15) is 31.4 Å². The van der Waals surface area contributed by atoms with Gasteiger partial charge >= 0.3 is 0 Å². The van der Waals surface area contributed by atoms with Gasteiger partial charge in [-0.15, -0.1) is 0 Å². The molecule has 1 aromatic rings. The summed E-state index contributed by atoms with van der Waals surface area (Å²) in [7, 11) is 0. The monoisotopic (exact) mass is 200 g/mol. The molecule has 0 aliphatic carbocycles. The molecule has 1 aliphatic heterocycles. The minimum atomic E-state index is 0.0343. The maximum absolute atomic E-state index is 5.60. The zero-order valence-electron chi connectivity index (χ0n) is 9.50. The van der Waals surface area contributed by atoms with E-state index in [1.165, 1.54) is 5.56 Å². The van der Waals surface area contributed by atoms with Crippen LogP contribution in [0.3, 0.4) is 0 Å². The molecule has 0 N–H and O–H groups in total. The van der Waals surface area contributed by atoms with Crippen molar-refractivity contribution in [2.45, 2.75) is 38.9 Å². The van der Waals surface area contributed by atoms with Gasteiger partial charge in [0.25, 0.3) is 0 Å². The van der Waals surface area contributed by atoms with Crippen molar-refractivity contribution in [3.05, 3.63) is 35.4 Å². The fraction of sp³-hybridized carbons (Fsp3) is 0.429. The highest BCUT2D eigenvalue weighted by Gasteiger charge is 2.35. The standard InChI is InChI=1S/C14H16O/c1-11-4-6-12(7-5-11)8-9-13-10-14(2,3)15-13/h4-7,13H,10H2,1-3H3. The lowest BCUT2D eigenvalue weighted by Gasteiger charge is -2.40. The molecule has 1 heterocycles. The number of benzene rings is 1. The molecule has 0 aromatic heterocycles. The SMILES string of the molecule is Cc1ccc(C#CC2CC(C)(C)O2)cc1. The summed E-state index contributed by atoms with van der Waals surface area (Å²) in [6.45, 7) is 6.27. The molecule has 2 rings (SSSR count). The van der Waals surface area contributed by atoms with Gasteiger partial charge < -0.3 is 4.74 Å². The molecule has 0 saturated carbocycles. The minimum absolute atomic E-state index is 0.0343. The van der Waals surface area contributed by atoms with Crippen LogP contribution in [-0.2, 0) is 4.74 Å². The molecule has 1 aliphatic rings. The molecule has 0 bridgehead atoms. The van der Waals surface area contributed by atoms with Gasteiger partial charge in [0.05, 0.1) is 5.60 Å². The Kier molecular flexibility index (Phi) is 2.54. The van der Waals surface area contributed by atoms with E-state index in [0.29, 0.717) is 0 Å². The normalized spacial score (nSPS) is 22.5. The zero-order valence-corrected chi connectivity index (χ0v) is 9.50. The van der Waals surface area contributed by atoms with Crippen molar-refractivity contribution in [2.75, 3.05) is 0 Å². The van der Waals surface area contributed by atoms with Crippen LogP contribution in [0.15, 0.2) is 24.3 Å². The van der Waals surface area contributed by atoms with E-state index in [1.54, 1.807) is 0 Å². The van der Waals surface area contributed by atoms with E-state index < -0.39 is 0 Å². The second kappa shape index (κ2) is 3.72. The lowest BCUT2D eigenvalue weighted by Crippen LogP contribution is -2.44. The molecule has 1 nitrogen and oxygen atoms in total. The van der Waals surface area contributed by atoms with E-state index in [-0.39, 0.29) is 11.7 Å². The van der Waals surface area contributed by atoms with Crippen LogP contribution in [0.25, 0.3) is 0 Å². The van der Waals surface area contributed by atoms with Crippen molar-refractivity contribution < 1.29 is 4.74 Å². The number of ether oxygens (including phenoxy) is 1. The highest BCUT2D eigenvalue weighted by Crippen LogP contribution is 2.30. The number of rotatable bonds is 0. The molecular weight excluding hydrogens is 184 g/mol. The largest absolute Gasteiger partial charge is 0.359 e. The van der Waals surface area contributed by atoms with Crippen molar-refractivity contribution >= 4 is 0 Å². The lowest BCUT2D eigenvalue weighted by atomic mass is 9.93. The number of aryl methyl sites for hydroxylation is 1. The first-order valence-corrected chi connectivity index (χ1v) is 5.31. The summed E-state index contributed by atoms with van der Waals surface area (Å²) in [5.74, 6) is 6.27. The third-order valence-corrected chi connectivity index (χ3v) is 2.57. The zero-order chi connectivity index (χ0) is 10.9. The van der Waals surface area contributed by atoms with E-state index in [9.17, 15) is 0 Å². The van der Waals surface area contributed by atoms with Gasteiger partial charge in [-0.1, -0.05) is 29.5 Å². The van der Waals surface area contributed by atoms with Crippen LogP contribution in [0.4, 0.5) is 0 Å². The van der Waals surface area contributed by atoms with Gasteiger partial charge in [-0.05, 0) is 32.9 Å². The Labute approximate surface area is 91.5 Å². The van der Waals surface area contributed by atoms with Crippen LogP contribution in [0.5, 0.6) is 0 Å². The maximum Gasteiger partial charge on any atom is 0.122 e. The van der Waals surface area contributed by atoms with E-state index in [1.807, 2.05) is 12.1 Å². The van der Waals surface area contributed by atoms with Crippen molar-refractivity contribution in [2.24, 2.45) is 0 Å². The fourth-order valence-electron chi connectivity index (χ4n) is 1.70. The highest BCUT2D eigenvalue weighted by molar-refractivity contribution is 5.36. The summed E-state index contributed by atoms with van der Waals surface area (Å²) in [6, 6.07) is 8.25. The summed E-state index contributed by atoms with van der Waals surface area (Å²) >= 11 is 0. The van der Waals surface area contributed by atoms with Crippen molar-refractivity contribution in [1.82, 2.24) is 0 Å². The molecule has 0 spiro atoms. The van der Waals surface area contributed by atoms with Gasteiger partial charge in [0.2, 0.25) is 0 Å². The van der Waals surface area contributed by atoms with E-state index in [4.69, 9.17) is 4.74 Å². The minimum Gasteiger partial charge on any atom is -0.359 e. The van der Waals surface area contributed by atoms with Crippen LogP contribution >= 0.6 is 0 Å². The summed E-state index contributed by atoms with van der Waals surface area (Å²) in [6.07, 6.45) is 1.16. The third-order valence-electron chi connectivity index (χ3n) is 2.57. The van der Waals surface area contributed by atoms with Crippen molar-refractivity contribution in [1.29, 1.82) is 0 Å². The quantitative estimate of drug-likeness (QED) is 0.585. The van der Waals surface area contributed by atoms with Crippen LogP contribution in [-0.4, -0.2) is 11.7 Å². The number of hydrogen-bond acceptors (Lipinski definition) is 1. The summed E-state index contributed by atoms with van der Waals surface area (Å²) in [4.78, 5) is 0. The van der Waals surface area contributed by atoms with E-state index in [0.717, 1.165) is 12.0 Å². The predicted molar refractivity (Wildman–Crippen MR) is 61.6 cm³/mol. The first kappa shape index (κ1) is 10.3. The van der Waals surface area contributed by atoms with Crippen LogP contribution in [0, 0.1) is 18.8 Å². The second-order valence-corrected chi connectivity index (χ2v) is 4.71. The summed E-state index contributed by atoms with van der Waals surface area (Å²) in [5, 5.41) is 0. The molecule has 1 unspecified atom stereocenters. The van der Waals surface area contributed by atoms with Crippen LogP contribution in [0.2, 0.25) is 0 Å². The maximum atomic E-state index is 5.60. The van der Waals surface area contributed by atoms with Crippen molar-refractivity contribution in [3.8, 4) is 11.8 Å². The molecular formula is C14H16O. The van der Waals surface area contributed by atoms with Gasteiger partial charge in [0.1, 0.15) is 6.10 Å². The fourth-order valence-corrected chi connectivity index (χ4v) is 1.70. The van der Waals surface area contributed by atoms with Crippen molar-refractivity contribution in [3.63, 3.8) is 0 Å². The number of hydrogen-bond donors (Lipinski definition) is 0. The topological polar surface area (TPSA) is 9.23 Å². The molecule has 1 aromatic carbocycles. The Morgan fingerprint density at radius 1 is 1.27 bits per heavy atom. The Bertz CT molecular complexity index is 395. The van der Waals surface area contributed by atoms with E-state index in [2.05, 4.69) is 44.7 Å². The first-order valence-electron chi connectivity index (χ1n) is 5.31. The van der Waals surface area contributed by atoms with Gasteiger partial charge in [0, 0.05) is 12.0 Å². The highest BCUT2D eigenvalue weighted by atomic mass is 16.5. The molecule has 1 heteroatoms. The summed E-state index contributed by atoms with van der Waals surface area (Å²) in [5.41, 5.74) is 2.36. The molecule has 1 atom stereocenters. The predicted octanol–water partition coefficient (Wildman–Crippen LogP) is 2.91. The molecule has 15 heavy (non-hydrogen) atoms. The van der Waals surface area contributed by atoms with Gasteiger partial charge in [0.15, 0.2) is 0 Å². The van der Waals surface area contributed by atoms with Crippen LogP contribution < -0.4 is 0 Å². The Morgan fingerprint density at radius 3 is 2.40 bits per heavy atom. The lowest BCUT2D eigenvalue weighted by molar-refractivity contribution is -0.156. The molecule has 1 saturated heterocycles. The average Bonchev–Trinajstić information content (AvgIpc) is 2.14. The molecule has 1 fully saturated rings. The van der Waals surface area contributed by atoms with Gasteiger partial charge in [-0.3, -0.25) is 0 Å². The molecule has 0 radical (unpaired) electrons. The Morgan fingerprint density at radius 2 is 1.87 bits per heavy atom. The van der Waals surface area contributed by atoms with E-state index >= 15 is 0 Å². The Balaban J connectivity index is 1.98. The summed E-state index contributed by atoms with van der Waals surface area (Å²) < 4.78 is 5.60. The Hall–Kier alpha value is -1.26. The molecule has 0 amide bonds. The van der Waals surface area contributed by atoms with Gasteiger partial charge in [-0.25, -0.2) is 0 Å². The third kappa shape index (κ3) is 2.61. The van der Waals surface area contributed by atoms with Gasteiger partial charge in [-0.2, -0.15) is 0 Å². The molecule has 78 valence electrons. The second-order valence-electron chi connectivity index (χ2n) is 4.71.